The molecule has 2 heterocycles. The molecule has 0 spiro atoms. The fourth-order valence-corrected chi connectivity index (χ4v) is 2.57. The minimum atomic E-state index is -0.347. The zero-order valence-corrected chi connectivity index (χ0v) is 11.5. The van der Waals surface area contributed by atoms with Crippen molar-refractivity contribution < 1.29 is 4.79 Å². The maximum atomic E-state index is 12.4. The van der Waals surface area contributed by atoms with Gasteiger partial charge in [-0.15, -0.1) is 0 Å². The highest BCUT2D eigenvalue weighted by molar-refractivity contribution is 6.30. The smallest absolute Gasteiger partial charge is 0.247 e. The topological polar surface area (TPSA) is 54.0 Å². The molecule has 102 valence electrons. The van der Waals surface area contributed by atoms with Crippen LogP contribution < -0.4 is 10.6 Å². The van der Waals surface area contributed by atoms with Gasteiger partial charge in [0.1, 0.15) is 11.9 Å². The first-order valence-corrected chi connectivity index (χ1v) is 6.85. The van der Waals surface area contributed by atoms with Gasteiger partial charge in [0.15, 0.2) is 0 Å². The van der Waals surface area contributed by atoms with Crippen molar-refractivity contribution >= 4 is 23.3 Å². The van der Waals surface area contributed by atoms with E-state index in [1.165, 1.54) is 5.56 Å². The lowest BCUT2D eigenvalue weighted by molar-refractivity contribution is -0.118. The number of pyridine rings is 1. The molecule has 20 heavy (non-hydrogen) atoms. The van der Waals surface area contributed by atoms with Gasteiger partial charge in [-0.1, -0.05) is 35.9 Å². The van der Waals surface area contributed by atoms with Crippen LogP contribution in [0.4, 0.5) is 5.82 Å². The van der Waals surface area contributed by atoms with Gasteiger partial charge in [-0.25, -0.2) is 4.98 Å². The van der Waals surface area contributed by atoms with Crippen molar-refractivity contribution in [3.8, 4) is 0 Å². The normalized spacial score (nSPS) is 17.4. The zero-order chi connectivity index (χ0) is 13.9. The van der Waals surface area contributed by atoms with E-state index in [0.717, 1.165) is 18.5 Å². The molecule has 0 saturated carbocycles. The molecule has 4 nitrogen and oxygen atoms in total. The summed E-state index contributed by atoms with van der Waals surface area (Å²) in [7, 11) is 0. The van der Waals surface area contributed by atoms with Crippen LogP contribution in [0.1, 0.15) is 17.2 Å². The fourth-order valence-electron chi connectivity index (χ4n) is 2.41. The molecule has 0 aliphatic carbocycles. The molecular formula is C15H14ClN3O. The Hall–Kier alpha value is -1.91. The van der Waals surface area contributed by atoms with E-state index in [-0.39, 0.29) is 11.9 Å². The predicted molar refractivity (Wildman–Crippen MR) is 78.8 cm³/mol. The highest BCUT2D eigenvalue weighted by Crippen LogP contribution is 2.24. The van der Waals surface area contributed by atoms with E-state index < -0.39 is 0 Å². The zero-order valence-electron chi connectivity index (χ0n) is 10.8. The van der Waals surface area contributed by atoms with Crippen LogP contribution in [0.2, 0.25) is 5.02 Å². The number of halogens is 1. The number of carbonyl (C=O) groups is 1. The number of hydrogen-bond acceptors (Lipinski definition) is 3. The Kier molecular flexibility index (Phi) is 3.67. The second-order valence-corrected chi connectivity index (χ2v) is 5.12. The first-order chi connectivity index (χ1) is 9.74. The molecule has 2 aromatic rings. The van der Waals surface area contributed by atoms with Crippen molar-refractivity contribution in [2.24, 2.45) is 0 Å². The number of amides is 1. The molecule has 1 aromatic heterocycles. The SMILES string of the molecule is O=C(Nc1cc(Cl)ccn1)C1NCCc2ccccc21. The second-order valence-electron chi connectivity index (χ2n) is 4.68. The number of nitrogens with one attached hydrogen (secondary N) is 2. The van der Waals surface area contributed by atoms with Gasteiger partial charge in [0.2, 0.25) is 5.91 Å². The molecule has 1 atom stereocenters. The third-order valence-electron chi connectivity index (χ3n) is 3.34. The Morgan fingerprint density at radius 1 is 1.35 bits per heavy atom. The Morgan fingerprint density at radius 2 is 2.20 bits per heavy atom. The van der Waals surface area contributed by atoms with E-state index in [1.54, 1.807) is 18.3 Å². The van der Waals surface area contributed by atoms with Gasteiger partial charge in [0.05, 0.1) is 0 Å². The Balaban J connectivity index is 1.82. The lowest BCUT2D eigenvalue weighted by Gasteiger charge is -2.25. The van der Waals surface area contributed by atoms with Gasteiger partial charge in [0, 0.05) is 17.8 Å². The van der Waals surface area contributed by atoms with Crippen molar-refractivity contribution in [1.82, 2.24) is 10.3 Å². The number of hydrogen-bond donors (Lipinski definition) is 2. The van der Waals surface area contributed by atoms with Gasteiger partial charge < -0.3 is 10.6 Å². The van der Waals surface area contributed by atoms with Crippen LogP contribution in [0.15, 0.2) is 42.6 Å². The summed E-state index contributed by atoms with van der Waals surface area (Å²) in [6, 6.07) is 11.0. The maximum absolute atomic E-state index is 12.4. The van der Waals surface area contributed by atoms with Crippen LogP contribution in [0.5, 0.6) is 0 Å². The summed E-state index contributed by atoms with van der Waals surface area (Å²) in [5, 5.41) is 6.58. The monoisotopic (exact) mass is 287 g/mol. The number of nitrogens with zero attached hydrogens (tertiary/aromatic N) is 1. The quantitative estimate of drug-likeness (QED) is 0.892. The number of carbonyl (C=O) groups excluding carboxylic acids is 1. The molecule has 1 aliphatic heterocycles. The Morgan fingerprint density at radius 3 is 3.05 bits per heavy atom. The number of rotatable bonds is 2. The Labute approximate surface area is 122 Å². The molecule has 1 amide bonds. The highest BCUT2D eigenvalue weighted by atomic mass is 35.5. The van der Waals surface area contributed by atoms with E-state index in [1.807, 2.05) is 18.2 Å². The molecule has 5 heteroatoms. The van der Waals surface area contributed by atoms with Gasteiger partial charge in [0.25, 0.3) is 0 Å². The van der Waals surface area contributed by atoms with Crippen LogP contribution in [-0.2, 0) is 11.2 Å². The molecule has 0 fully saturated rings. The number of aromatic nitrogens is 1. The summed E-state index contributed by atoms with van der Waals surface area (Å²) in [6.07, 6.45) is 2.51. The summed E-state index contributed by atoms with van der Waals surface area (Å²) in [6.45, 7) is 0.790. The third-order valence-corrected chi connectivity index (χ3v) is 3.58. The first kappa shape index (κ1) is 13.1. The van der Waals surface area contributed by atoms with E-state index in [4.69, 9.17) is 11.6 Å². The maximum Gasteiger partial charge on any atom is 0.247 e. The van der Waals surface area contributed by atoms with Crippen LogP contribution in [-0.4, -0.2) is 17.4 Å². The third kappa shape index (κ3) is 2.66. The van der Waals surface area contributed by atoms with Crippen molar-refractivity contribution in [1.29, 1.82) is 0 Å². The summed E-state index contributed by atoms with van der Waals surface area (Å²) >= 11 is 5.89. The van der Waals surface area contributed by atoms with Crippen LogP contribution in [0.3, 0.4) is 0 Å². The summed E-state index contributed by atoms with van der Waals surface area (Å²) in [4.78, 5) is 16.5. The van der Waals surface area contributed by atoms with E-state index in [9.17, 15) is 4.79 Å². The molecule has 1 aliphatic rings. The summed E-state index contributed by atoms with van der Waals surface area (Å²) in [5.74, 6) is 0.347. The van der Waals surface area contributed by atoms with Crippen molar-refractivity contribution in [2.45, 2.75) is 12.5 Å². The molecule has 0 saturated heterocycles. The molecule has 1 unspecified atom stereocenters. The molecule has 1 aromatic carbocycles. The average molecular weight is 288 g/mol. The standard InChI is InChI=1S/C15H14ClN3O/c16-11-6-8-17-13(9-11)19-15(20)14-12-4-2-1-3-10(12)5-7-18-14/h1-4,6,8-9,14,18H,5,7H2,(H,17,19,20). The lowest BCUT2D eigenvalue weighted by Crippen LogP contribution is -2.38. The minimum Gasteiger partial charge on any atom is -0.309 e. The van der Waals surface area contributed by atoms with Crippen LogP contribution in [0.25, 0.3) is 0 Å². The largest absolute Gasteiger partial charge is 0.309 e. The van der Waals surface area contributed by atoms with E-state index in [2.05, 4.69) is 21.7 Å². The molecule has 0 bridgehead atoms. The molecule has 3 rings (SSSR count). The summed E-state index contributed by atoms with van der Waals surface area (Å²) < 4.78 is 0. The molecular weight excluding hydrogens is 274 g/mol. The average Bonchev–Trinajstić information content (AvgIpc) is 2.46. The van der Waals surface area contributed by atoms with Crippen LogP contribution in [0, 0.1) is 0 Å². The Bertz CT molecular complexity index is 645. The van der Waals surface area contributed by atoms with Crippen molar-refractivity contribution in [3.05, 3.63) is 58.7 Å². The summed E-state index contributed by atoms with van der Waals surface area (Å²) in [5.41, 5.74) is 2.24. The number of fused-ring (bicyclic) bond motifs is 1. The molecule has 0 radical (unpaired) electrons. The fraction of sp³-hybridized carbons (Fsp3) is 0.200. The second kappa shape index (κ2) is 5.61. The van der Waals surface area contributed by atoms with E-state index in [0.29, 0.717) is 10.8 Å². The highest BCUT2D eigenvalue weighted by Gasteiger charge is 2.25. The van der Waals surface area contributed by atoms with Gasteiger partial charge in [-0.05, 0) is 29.7 Å². The van der Waals surface area contributed by atoms with Gasteiger partial charge in [-0.2, -0.15) is 0 Å². The first-order valence-electron chi connectivity index (χ1n) is 6.47. The number of benzene rings is 1. The van der Waals surface area contributed by atoms with E-state index >= 15 is 0 Å². The number of anilines is 1. The van der Waals surface area contributed by atoms with Gasteiger partial charge >= 0.3 is 0 Å². The van der Waals surface area contributed by atoms with Gasteiger partial charge in [-0.3, -0.25) is 4.79 Å². The lowest BCUT2D eigenvalue weighted by atomic mass is 9.94. The minimum absolute atomic E-state index is 0.119. The molecule has 2 N–H and O–H groups in total. The predicted octanol–water partition coefficient (Wildman–Crippen LogP) is 2.56. The van der Waals surface area contributed by atoms with Crippen molar-refractivity contribution in [3.63, 3.8) is 0 Å². The van der Waals surface area contributed by atoms with Crippen LogP contribution >= 0.6 is 11.6 Å². The van der Waals surface area contributed by atoms with Crippen molar-refractivity contribution in [2.75, 3.05) is 11.9 Å².